The maximum Gasteiger partial charge on any atom is 0.294 e. The molecule has 10 heteroatoms. The fraction of sp³-hybridized carbons (Fsp3) is 0.800. The third kappa shape index (κ3) is 4.20. The standard InChI is InChI=1S/C29H40N2O8.CH4/c1-27-10-8-19(32)13-18(27)6-7-20-21-14-24-29(23(34)16-37-31(35)36,28(21,2)15-22(33)25(20)27)39-26(38-24)17-5-4-11-30(3)12-9-17;/h8,10,13,17,20-22,24-26,33H,4-7,9,11-12,14-16H2,1-3H3;1H4/t17?,20?,21-,22?,24+,25?,26+,27?,28-,29+;/m0./s1. The monoisotopic (exact) mass is 560 g/mol. The van der Waals surface area contributed by atoms with Crippen LogP contribution in [-0.2, 0) is 23.9 Å². The number of Topliss-reactive ketones (excluding diaryl/α,β-unsaturated/α-hetero) is 1. The van der Waals surface area contributed by atoms with Crippen LogP contribution in [0.5, 0.6) is 0 Å². The van der Waals surface area contributed by atoms with Crippen LogP contribution in [0.15, 0.2) is 23.8 Å². The molecule has 6 rings (SSSR count). The number of hydrogen-bond donors (Lipinski definition) is 1. The van der Waals surface area contributed by atoms with Gasteiger partial charge in [0.15, 0.2) is 30.1 Å². The number of ketones is 2. The van der Waals surface area contributed by atoms with Gasteiger partial charge in [0.05, 0.1) is 12.2 Å². The van der Waals surface area contributed by atoms with Gasteiger partial charge >= 0.3 is 0 Å². The Bertz CT molecular complexity index is 1120. The quantitative estimate of drug-likeness (QED) is 0.397. The molecule has 0 aromatic carbocycles. The molecule has 40 heavy (non-hydrogen) atoms. The number of rotatable bonds is 5. The van der Waals surface area contributed by atoms with Crippen LogP contribution in [0, 0.1) is 44.6 Å². The van der Waals surface area contributed by atoms with Crippen LogP contribution >= 0.6 is 0 Å². The van der Waals surface area contributed by atoms with Gasteiger partial charge in [0.25, 0.3) is 5.09 Å². The average Bonchev–Trinajstić information content (AvgIpc) is 3.27. The molecule has 1 N–H and O–H groups in total. The topological polar surface area (TPSA) is 128 Å². The molecule has 2 saturated heterocycles. The molecule has 222 valence electrons. The highest BCUT2D eigenvalue weighted by Crippen LogP contribution is 2.70. The maximum absolute atomic E-state index is 14.0. The molecule has 5 unspecified atom stereocenters. The average molecular weight is 561 g/mol. The molecule has 6 aliphatic rings. The van der Waals surface area contributed by atoms with Crippen molar-refractivity contribution in [2.45, 2.75) is 90.3 Å². The number of ether oxygens (including phenoxy) is 2. The number of nitrogens with zero attached hydrogens (tertiary/aromatic N) is 2. The molecule has 2 heterocycles. The summed E-state index contributed by atoms with van der Waals surface area (Å²) in [7, 11) is 2.10. The van der Waals surface area contributed by atoms with Crippen molar-refractivity contribution in [1.82, 2.24) is 4.90 Å². The highest BCUT2D eigenvalue weighted by Gasteiger charge is 2.76. The maximum atomic E-state index is 14.0. The van der Waals surface area contributed by atoms with Crippen LogP contribution in [0.2, 0.25) is 0 Å². The summed E-state index contributed by atoms with van der Waals surface area (Å²) < 4.78 is 13.4. The lowest BCUT2D eigenvalue weighted by molar-refractivity contribution is -0.754. The third-order valence-electron chi connectivity index (χ3n) is 11.4. The lowest BCUT2D eigenvalue weighted by atomic mass is 9.46. The molecule has 0 bridgehead atoms. The largest absolute Gasteiger partial charge is 0.393 e. The second kappa shape index (κ2) is 10.3. The summed E-state index contributed by atoms with van der Waals surface area (Å²) in [6, 6.07) is 0. The number of hydrogen-bond acceptors (Lipinski definition) is 9. The van der Waals surface area contributed by atoms with E-state index in [-0.39, 0.29) is 36.9 Å². The van der Waals surface area contributed by atoms with E-state index in [1.807, 2.05) is 13.0 Å². The van der Waals surface area contributed by atoms with Crippen LogP contribution in [0.1, 0.15) is 66.2 Å². The summed E-state index contributed by atoms with van der Waals surface area (Å²) >= 11 is 0. The van der Waals surface area contributed by atoms with Crippen molar-refractivity contribution in [3.05, 3.63) is 33.9 Å². The van der Waals surface area contributed by atoms with Crippen molar-refractivity contribution >= 4 is 11.6 Å². The molecule has 2 aliphatic heterocycles. The summed E-state index contributed by atoms with van der Waals surface area (Å²) in [4.78, 5) is 44.1. The Balaban J connectivity index is 0.00000323. The van der Waals surface area contributed by atoms with Crippen molar-refractivity contribution in [2.24, 2.45) is 34.5 Å². The van der Waals surface area contributed by atoms with Crippen LogP contribution in [0.4, 0.5) is 0 Å². The summed E-state index contributed by atoms with van der Waals surface area (Å²) in [5.74, 6) is -0.368. The molecule has 10 atom stereocenters. The van der Waals surface area contributed by atoms with Crippen LogP contribution in [-0.4, -0.2) is 77.5 Å². The van der Waals surface area contributed by atoms with Crippen molar-refractivity contribution in [1.29, 1.82) is 0 Å². The normalized spacial score (nSPS) is 46.1. The molecule has 10 nitrogen and oxygen atoms in total. The lowest BCUT2D eigenvalue weighted by Gasteiger charge is -2.59. The number of fused-ring (bicyclic) bond motifs is 7. The van der Waals surface area contributed by atoms with Gasteiger partial charge in [-0.25, -0.2) is 0 Å². The first-order chi connectivity index (χ1) is 18.5. The van der Waals surface area contributed by atoms with Crippen LogP contribution in [0.3, 0.4) is 0 Å². The van der Waals surface area contributed by atoms with Gasteiger partial charge in [-0.15, -0.1) is 10.1 Å². The highest BCUT2D eigenvalue weighted by molar-refractivity contribution is 6.01. The Hall–Kier alpha value is -2.14. The fourth-order valence-electron chi connectivity index (χ4n) is 9.56. The first-order valence-electron chi connectivity index (χ1n) is 14.4. The minimum atomic E-state index is -1.42. The van der Waals surface area contributed by atoms with Gasteiger partial charge in [-0.2, -0.15) is 0 Å². The molecule has 0 aromatic rings. The minimum absolute atomic E-state index is 0. The molecule has 0 spiro atoms. The van der Waals surface area contributed by atoms with Gasteiger partial charge in [-0.1, -0.05) is 32.9 Å². The molecule has 0 amide bonds. The Kier molecular flexibility index (Phi) is 7.55. The third-order valence-corrected chi connectivity index (χ3v) is 11.4. The molecule has 3 saturated carbocycles. The Morgan fingerprint density at radius 2 is 2.05 bits per heavy atom. The second-order valence-electron chi connectivity index (χ2n) is 13.2. The van der Waals surface area contributed by atoms with Crippen LogP contribution in [0.25, 0.3) is 0 Å². The molecule has 5 fully saturated rings. The van der Waals surface area contributed by atoms with Gasteiger partial charge in [-0.3, -0.25) is 9.59 Å². The van der Waals surface area contributed by atoms with E-state index in [0.717, 1.165) is 50.8 Å². The lowest BCUT2D eigenvalue weighted by Crippen LogP contribution is -2.63. The first kappa shape index (κ1) is 29.4. The number of aliphatic hydroxyl groups excluding tert-OH is 1. The smallest absolute Gasteiger partial charge is 0.294 e. The van der Waals surface area contributed by atoms with E-state index in [4.69, 9.17) is 9.47 Å². The first-order valence-corrected chi connectivity index (χ1v) is 14.4. The zero-order valence-corrected chi connectivity index (χ0v) is 23.0. The Morgan fingerprint density at radius 3 is 2.80 bits per heavy atom. The van der Waals surface area contributed by atoms with Crippen molar-refractivity contribution in [3.8, 4) is 0 Å². The van der Waals surface area contributed by atoms with Gasteiger partial charge in [-0.05, 0) is 89.1 Å². The number of carbonyl (C=O) groups is 2. The van der Waals surface area contributed by atoms with E-state index in [2.05, 4.69) is 23.7 Å². The number of likely N-dealkylation sites (tertiary alicyclic amines) is 1. The van der Waals surface area contributed by atoms with Gasteiger partial charge in [0, 0.05) is 22.7 Å². The van der Waals surface area contributed by atoms with Gasteiger partial charge < -0.3 is 24.3 Å². The van der Waals surface area contributed by atoms with Gasteiger partial charge in [0.1, 0.15) is 0 Å². The van der Waals surface area contributed by atoms with Crippen molar-refractivity contribution in [2.75, 3.05) is 26.7 Å². The van der Waals surface area contributed by atoms with E-state index >= 15 is 0 Å². The number of allylic oxidation sites excluding steroid dienone is 4. The SMILES string of the molecule is C.CN1CCCC([C@@H]2O[C@@H]3C[C@H]4C5CCC6=CC(=O)C=CC6(C)C5C(O)C[C@]4(C)[C@]3(C(=O)CO[N+](=O)[O-])O2)CC1. The summed E-state index contributed by atoms with van der Waals surface area (Å²) in [6.45, 7) is 5.34. The van der Waals surface area contributed by atoms with E-state index in [1.54, 1.807) is 12.2 Å². The minimum Gasteiger partial charge on any atom is -0.393 e. The van der Waals surface area contributed by atoms with Gasteiger partial charge in [0.2, 0.25) is 0 Å². The number of aliphatic hydroxyl groups is 1. The molecular formula is C30H44N2O8. The highest BCUT2D eigenvalue weighted by atomic mass is 17.0. The summed E-state index contributed by atoms with van der Waals surface area (Å²) in [5, 5.41) is 21.9. The van der Waals surface area contributed by atoms with Crippen LogP contribution < -0.4 is 0 Å². The molecule has 0 radical (unpaired) electrons. The second-order valence-corrected chi connectivity index (χ2v) is 13.2. The van der Waals surface area contributed by atoms with Crippen molar-refractivity contribution in [3.63, 3.8) is 0 Å². The van der Waals surface area contributed by atoms with E-state index in [9.17, 15) is 24.8 Å². The van der Waals surface area contributed by atoms with Crippen molar-refractivity contribution < 1.29 is 34.1 Å². The Labute approximate surface area is 236 Å². The summed E-state index contributed by atoms with van der Waals surface area (Å²) in [6.07, 6.45) is 8.69. The molecular weight excluding hydrogens is 516 g/mol. The van der Waals surface area contributed by atoms with E-state index < -0.39 is 52.4 Å². The predicted molar refractivity (Wildman–Crippen MR) is 145 cm³/mol. The molecule has 0 aromatic heterocycles. The summed E-state index contributed by atoms with van der Waals surface area (Å²) in [5.41, 5.74) is -1.57. The van der Waals surface area contributed by atoms with E-state index in [0.29, 0.717) is 12.8 Å². The number of carbonyl (C=O) groups excluding carboxylic acids is 2. The predicted octanol–water partition coefficient (Wildman–Crippen LogP) is 3.50. The molecule has 4 aliphatic carbocycles. The fourth-order valence-corrected chi connectivity index (χ4v) is 9.56. The van der Waals surface area contributed by atoms with E-state index in [1.165, 1.54) is 0 Å². The Morgan fingerprint density at radius 1 is 1.27 bits per heavy atom. The zero-order valence-electron chi connectivity index (χ0n) is 23.0. The zero-order chi connectivity index (χ0) is 27.7.